The monoisotopic (exact) mass is 246 g/mol. The number of ether oxygens (including phenoxy) is 1. The minimum Gasteiger partial charge on any atom is -0.443 e. The highest BCUT2D eigenvalue weighted by molar-refractivity contribution is 5.89. The Balaban J connectivity index is 2.21. The van der Waals surface area contributed by atoms with E-state index in [1.807, 2.05) is 26.8 Å². The Morgan fingerprint density at radius 1 is 1.56 bits per heavy atom. The summed E-state index contributed by atoms with van der Waals surface area (Å²) in [6.07, 6.45) is 3.95. The molecule has 2 rings (SSSR count). The standard InChI is InChI=1S/C14H18N2O2/c1-5-10-8-11-6-7-16(12(11)15-9-10)13(17)18-14(2,3)4/h5,8-9H,1,6-7H2,2-4H3. The number of pyridine rings is 1. The van der Waals surface area contributed by atoms with Crippen molar-refractivity contribution in [2.45, 2.75) is 32.8 Å². The molecule has 2 heterocycles. The fraction of sp³-hybridized carbons (Fsp3) is 0.429. The van der Waals surface area contributed by atoms with Crippen LogP contribution in [0, 0.1) is 0 Å². The molecule has 0 saturated heterocycles. The molecule has 0 radical (unpaired) electrons. The van der Waals surface area contributed by atoms with Crippen LogP contribution in [-0.2, 0) is 11.2 Å². The lowest BCUT2D eigenvalue weighted by Gasteiger charge is -2.24. The van der Waals surface area contributed by atoms with Gasteiger partial charge in [0.15, 0.2) is 0 Å². The highest BCUT2D eigenvalue weighted by Gasteiger charge is 2.29. The molecule has 0 bridgehead atoms. The van der Waals surface area contributed by atoms with E-state index in [0.717, 1.165) is 17.5 Å². The molecule has 0 fully saturated rings. The van der Waals surface area contributed by atoms with Gasteiger partial charge in [-0.3, -0.25) is 4.90 Å². The topological polar surface area (TPSA) is 42.4 Å². The molecule has 0 N–H and O–H groups in total. The van der Waals surface area contributed by atoms with Crippen LogP contribution in [0.4, 0.5) is 10.6 Å². The van der Waals surface area contributed by atoms with Crippen LogP contribution < -0.4 is 4.90 Å². The zero-order chi connectivity index (χ0) is 13.3. The Hall–Kier alpha value is -1.84. The highest BCUT2D eigenvalue weighted by Crippen LogP contribution is 2.27. The molecule has 0 atom stereocenters. The SMILES string of the molecule is C=Cc1cnc2c(c1)CCN2C(=O)OC(C)(C)C. The van der Waals surface area contributed by atoms with Gasteiger partial charge in [-0.1, -0.05) is 12.7 Å². The molecule has 1 aromatic rings. The molecule has 4 heteroatoms. The third kappa shape index (κ3) is 2.53. The Kier molecular flexibility index (Phi) is 3.11. The van der Waals surface area contributed by atoms with Gasteiger partial charge in [0.2, 0.25) is 0 Å². The minimum absolute atomic E-state index is 0.333. The van der Waals surface area contributed by atoms with Gasteiger partial charge in [-0.15, -0.1) is 0 Å². The van der Waals surface area contributed by atoms with E-state index in [9.17, 15) is 4.79 Å². The van der Waals surface area contributed by atoms with Crippen LogP contribution >= 0.6 is 0 Å². The molecule has 0 saturated carbocycles. The first-order chi connectivity index (χ1) is 8.40. The largest absolute Gasteiger partial charge is 0.443 e. The number of fused-ring (bicyclic) bond motifs is 1. The molecule has 0 aliphatic carbocycles. The van der Waals surface area contributed by atoms with Gasteiger partial charge in [-0.05, 0) is 44.4 Å². The highest BCUT2D eigenvalue weighted by atomic mass is 16.6. The molecular weight excluding hydrogens is 228 g/mol. The fourth-order valence-electron chi connectivity index (χ4n) is 1.89. The lowest BCUT2D eigenvalue weighted by atomic mass is 10.2. The third-order valence-corrected chi connectivity index (χ3v) is 2.67. The summed E-state index contributed by atoms with van der Waals surface area (Å²) in [5, 5.41) is 0. The summed E-state index contributed by atoms with van der Waals surface area (Å²) in [4.78, 5) is 17.9. The first kappa shape index (κ1) is 12.6. The van der Waals surface area contributed by atoms with Gasteiger partial charge in [0, 0.05) is 12.7 Å². The van der Waals surface area contributed by atoms with Gasteiger partial charge in [-0.25, -0.2) is 9.78 Å². The van der Waals surface area contributed by atoms with Crippen molar-refractivity contribution in [2.24, 2.45) is 0 Å². The number of anilines is 1. The van der Waals surface area contributed by atoms with Crippen molar-refractivity contribution in [1.29, 1.82) is 0 Å². The van der Waals surface area contributed by atoms with Crippen molar-refractivity contribution in [3.05, 3.63) is 30.0 Å². The smallest absolute Gasteiger partial charge is 0.416 e. The number of amides is 1. The zero-order valence-corrected chi connectivity index (χ0v) is 11.1. The van der Waals surface area contributed by atoms with Crippen LogP contribution in [0.3, 0.4) is 0 Å². The van der Waals surface area contributed by atoms with Crippen LogP contribution in [-0.4, -0.2) is 23.2 Å². The number of rotatable bonds is 1. The molecule has 96 valence electrons. The predicted octanol–water partition coefficient (Wildman–Crippen LogP) is 3.02. The molecule has 1 aliphatic rings. The van der Waals surface area contributed by atoms with Crippen LogP contribution in [0.15, 0.2) is 18.8 Å². The maximum atomic E-state index is 12.0. The molecule has 0 unspecified atom stereocenters. The van der Waals surface area contributed by atoms with Gasteiger partial charge in [-0.2, -0.15) is 0 Å². The second kappa shape index (κ2) is 4.44. The quantitative estimate of drug-likeness (QED) is 0.765. The lowest BCUT2D eigenvalue weighted by molar-refractivity contribution is 0.0583. The number of carbonyl (C=O) groups excluding carboxylic acids is 1. The Bertz CT molecular complexity index is 489. The van der Waals surface area contributed by atoms with Crippen molar-refractivity contribution < 1.29 is 9.53 Å². The molecule has 18 heavy (non-hydrogen) atoms. The van der Waals surface area contributed by atoms with Crippen molar-refractivity contribution in [3.8, 4) is 0 Å². The van der Waals surface area contributed by atoms with E-state index in [0.29, 0.717) is 12.4 Å². The van der Waals surface area contributed by atoms with Gasteiger partial charge >= 0.3 is 6.09 Å². The number of hydrogen-bond acceptors (Lipinski definition) is 3. The van der Waals surface area contributed by atoms with E-state index >= 15 is 0 Å². The number of aromatic nitrogens is 1. The van der Waals surface area contributed by atoms with Crippen molar-refractivity contribution in [3.63, 3.8) is 0 Å². The number of hydrogen-bond donors (Lipinski definition) is 0. The molecule has 0 spiro atoms. The average molecular weight is 246 g/mol. The number of nitrogens with zero attached hydrogens (tertiary/aromatic N) is 2. The number of carbonyl (C=O) groups is 1. The summed E-state index contributed by atoms with van der Waals surface area (Å²) >= 11 is 0. The Morgan fingerprint density at radius 3 is 2.89 bits per heavy atom. The van der Waals surface area contributed by atoms with E-state index in [4.69, 9.17) is 4.74 Å². The molecule has 4 nitrogen and oxygen atoms in total. The van der Waals surface area contributed by atoms with E-state index in [2.05, 4.69) is 11.6 Å². The predicted molar refractivity (Wildman–Crippen MR) is 71.6 cm³/mol. The van der Waals surface area contributed by atoms with E-state index in [1.54, 1.807) is 17.2 Å². The Morgan fingerprint density at radius 2 is 2.28 bits per heavy atom. The summed E-state index contributed by atoms with van der Waals surface area (Å²) < 4.78 is 5.36. The minimum atomic E-state index is -0.485. The van der Waals surface area contributed by atoms with Crippen LogP contribution in [0.1, 0.15) is 31.9 Å². The summed E-state index contributed by atoms with van der Waals surface area (Å²) in [6.45, 7) is 9.91. The first-order valence-corrected chi connectivity index (χ1v) is 6.02. The van der Waals surface area contributed by atoms with Gasteiger partial charge < -0.3 is 4.74 Å². The van der Waals surface area contributed by atoms with E-state index < -0.39 is 5.60 Å². The first-order valence-electron chi connectivity index (χ1n) is 6.02. The normalized spacial score (nSPS) is 14.3. The van der Waals surface area contributed by atoms with Crippen LogP contribution in [0.5, 0.6) is 0 Å². The van der Waals surface area contributed by atoms with Crippen molar-refractivity contribution in [2.75, 3.05) is 11.4 Å². The van der Waals surface area contributed by atoms with Crippen LogP contribution in [0.2, 0.25) is 0 Å². The molecule has 0 aromatic carbocycles. The summed E-state index contributed by atoms with van der Waals surface area (Å²) in [5.74, 6) is 0.704. The maximum Gasteiger partial charge on any atom is 0.416 e. The molecular formula is C14H18N2O2. The van der Waals surface area contributed by atoms with Crippen molar-refractivity contribution >= 4 is 18.0 Å². The third-order valence-electron chi connectivity index (χ3n) is 2.67. The fourth-order valence-corrected chi connectivity index (χ4v) is 1.89. The zero-order valence-electron chi connectivity index (χ0n) is 11.1. The lowest BCUT2D eigenvalue weighted by Crippen LogP contribution is -2.36. The second-order valence-corrected chi connectivity index (χ2v) is 5.34. The van der Waals surface area contributed by atoms with E-state index in [-0.39, 0.29) is 6.09 Å². The summed E-state index contributed by atoms with van der Waals surface area (Å²) in [7, 11) is 0. The molecule has 1 aromatic heterocycles. The van der Waals surface area contributed by atoms with Crippen LogP contribution in [0.25, 0.3) is 6.08 Å². The van der Waals surface area contributed by atoms with Crippen molar-refractivity contribution in [1.82, 2.24) is 4.98 Å². The average Bonchev–Trinajstić information content (AvgIpc) is 2.69. The maximum absolute atomic E-state index is 12.0. The second-order valence-electron chi connectivity index (χ2n) is 5.34. The van der Waals surface area contributed by atoms with Gasteiger partial charge in [0.1, 0.15) is 11.4 Å². The molecule has 1 amide bonds. The summed E-state index contributed by atoms with van der Waals surface area (Å²) in [5.41, 5.74) is 1.55. The Labute approximate surface area is 107 Å². The van der Waals surface area contributed by atoms with Gasteiger partial charge in [0.25, 0.3) is 0 Å². The molecule has 1 aliphatic heterocycles. The van der Waals surface area contributed by atoms with E-state index in [1.165, 1.54) is 0 Å². The van der Waals surface area contributed by atoms with Gasteiger partial charge in [0.05, 0.1) is 0 Å². The summed E-state index contributed by atoms with van der Waals surface area (Å²) in [6, 6.07) is 2.01.